The van der Waals surface area contributed by atoms with Gasteiger partial charge in [0, 0.05) is 0 Å². The standard InChI is InChI=1S/C18H34O4/c1-4-5-9-14-21-17(19)12-13-18(20)22-15-10-7-6-8-11-16(2)3/h16H,4-15H2,1-3H3. The predicted octanol–water partition coefficient (Wildman–Crippen LogP) is 4.65. The van der Waals surface area contributed by atoms with Crippen molar-refractivity contribution in [3.63, 3.8) is 0 Å². The first-order valence-electron chi connectivity index (χ1n) is 8.87. The maximum Gasteiger partial charge on any atom is 0.306 e. The molecule has 0 aromatic carbocycles. The van der Waals surface area contributed by atoms with Gasteiger partial charge in [0.2, 0.25) is 0 Å². The van der Waals surface area contributed by atoms with Crippen LogP contribution in [0.4, 0.5) is 0 Å². The number of ether oxygens (including phenoxy) is 2. The fourth-order valence-electron chi connectivity index (χ4n) is 2.08. The largest absolute Gasteiger partial charge is 0.466 e. The zero-order chi connectivity index (χ0) is 16.6. The fraction of sp³-hybridized carbons (Fsp3) is 0.889. The van der Waals surface area contributed by atoms with Crippen LogP contribution in [-0.2, 0) is 19.1 Å². The highest BCUT2D eigenvalue weighted by molar-refractivity contribution is 5.77. The van der Waals surface area contributed by atoms with Gasteiger partial charge >= 0.3 is 11.9 Å². The predicted molar refractivity (Wildman–Crippen MR) is 88.6 cm³/mol. The molecule has 4 heteroatoms. The Bertz CT molecular complexity index is 287. The summed E-state index contributed by atoms with van der Waals surface area (Å²) in [6.07, 6.45) is 9.01. The lowest BCUT2D eigenvalue weighted by atomic mass is 10.0. The molecule has 0 saturated carbocycles. The second kappa shape index (κ2) is 14.9. The van der Waals surface area contributed by atoms with Gasteiger partial charge in [-0.1, -0.05) is 59.3 Å². The summed E-state index contributed by atoms with van der Waals surface area (Å²) in [4.78, 5) is 22.9. The van der Waals surface area contributed by atoms with E-state index in [-0.39, 0.29) is 24.8 Å². The van der Waals surface area contributed by atoms with E-state index in [0.717, 1.165) is 38.0 Å². The van der Waals surface area contributed by atoms with Crippen LogP contribution in [0.15, 0.2) is 0 Å². The summed E-state index contributed by atoms with van der Waals surface area (Å²) in [6.45, 7) is 7.49. The molecule has 0 fully saturated rings. The first kappa shape index (κ1) is 20.9. The van der Waals surface area contributed by atoms with Crippen molar-refractivity contribution >= 4 is 11.9 Å². The third-order valence-electron chi connectivity index (χ3n) is 3.48. The van der Waals surface area contributed by atoms with Crippen molar-refractivity contribution in [2.24, 2.45) is 5.92 Å². The van der Waals surface area contributed by atoms with Crippen LogP contribution in [0.2, 0.25) is 0 Å². The molecule has 0 aromatic heterocycles. The first-order chi connectivity index (χ1) is 10.6. The lowest BCUT2D eigenvalue weighted by molar-refractivity contribution is -0.150. The van der Waals surface area contributed by atoms with Crippen molar-refractivity contribution < 1.29 is 19.1 Å². The number of carbonyl (C=O) groups excluding carboxylic acids is 2. The van der Waals surface area contributed by atoms with Crippen molar-refractivity contribution in [1.29, 1.82) is 0 Å². The van der Waals surface area contributed by atoms with Gasteiger partial charge in [0.25, 0.3) is 0 Å². The van der Waals surface area contributed by atoms with Gasteiger partial charge in [-0.2, -0.15) is 0 Å². The highest BCUT2D eigenvalue weighted by atomic mass is 16.5. The Morgan fingerprint density at radius 2 is 1.27 bits per heavy atom. The van der Waals surface area contributed by atoms with Crippen LogP contribution in [0.1, 0.15) is 85.0 Å². The Labute approximate surface area is 135 Å². The maximum atomic E-state index is 11.5. The normalized spacial score (nSPS) is 10.7. The van der Waals surface area contributed by atoms with Crippen LogP contribution in [-0.4, -0.2) is 25.2 Å². The first-order valence-corrected chi connectivity index (χ1v) is 8.87. The molecule has 0 N–H and O–H groups in total. The van der Waals surface area contributed by atoms with Crippen LogP contribution in [0.5, 0.6) is 0 Å². The average molecular weight is 314 g/mol. The van der Waals surface area contributed by atoms with Crippen LogP contribution in [0.25, 0.3) is 0 Å². The van der Waals surface area contributed by atoms with E-state index < -0.39 is 0 Å². The molecular formula is C18H34O4. The SMILES string of the molecule is CCCCCOC(=O)CCC(=O)OCCCCCCC(C)C. The molecule has 0 rings (SSSR count). The van der Waals surface area contributed by atoms with Crippen LogP contribution >= 0.6 is 0 Å². The summed E-state index contributed by atoms with van der Waals surface area (Å²) in [5, 5.41) is 0. The monoisotopic (exact) mass is 314 g/mol. The van der Waals surface area contributed by atoms with E-state index in [2.05, 4.69) is 20.8 Å². The number of hydrogen-bond donors (Lipinski definition) is 0. The molecule has 0 aliphatic heterocycles. The molecule has 0 radical (unpaired) electrons. The van der Waals surface area contributed by atoms with Crippen molar-refractivity contribution in [3.8, 4) is 0 Å². The molecule has 0 spiro atoms. The lowest BCUT2D eigenvalue weighted by Gasteiger charge is -2.06. The van der Waals surface area contributed by atoms with Gasteiger partial charge in [-0.15, -0.1) is 0 Å². The van der Waals surface area contributed by atoms with Gasteiger partial charge in [0.15, 0.2) is 0 Å². The van der Waals surface area contributed by atoms with E-state index >= 15 is 0 Å². The van der Waals surface area contributed by atoms with Crippen molar-refractivity contribution in [3.05, 3.63) is 0 Å². The zero-order valence-corrected chi connectivity index (χ0v) is 14.7. The van der Waals surface area contributed by atoms with Crippen LogP contribution in [0.3, 0.4) is 0 Å². The lowest BCUT2D eigenvalue weighted by Crippen LogP contribution is -2.11. The Hall–Kier alpha value is -1.06. The summed E-state index contributed by atoms with van der Waals surface area (Å²) < 4.78 is 10.2. The zero-order valence-electron chi connectivity index (χ0n) is 14.7. The van der Waals surface area contributed by atoms with E-state index in [0.29, 0.717) is 13.2 Å². The highest BCUT2D eigenvalue weighted by Gasteiger charge is 2.08. The van der Waals surface area contributed by atoms with Crippen molar-refractivity contribution in [2.45, 2.75) is 85.0 Å². The molecule has 0 aromatic rings. The number of esters is 2. The topological polar surface area (TPSA) is 52.6 Å². The maximum absolute atomic E-state index is 11.5. The van der Waals surface area contributed by atoms with E-state index in [1.165, 1.54) is 19.3 Å². The summed E-state index contributed by atoms with van der Waals surface area (Å²) in [7, 11) is 0. The molecule has 0 heterocycles. The van der Waals surface area contributed by atoms with Crippen molar-refractivity contribution in [1.82, 2.24) is 0 Å². The summed E-state index contributed by atoms with van der Waals surface area (Å²) in [5.41, 5.74) is 0. The van der Waals surface area contributed by atoms with Gasteiger partial charge < -0.3 is 9.47 Å². The second-order valence-electron chi connectivity index (χ2n) is 6.24. The third-order valence-corrected chi connectivity index (χ3v) is 3.48. The fourth-order valence-corrected chi connectivity index (χ4v) is 2.08. The van der Waals surface area contributed by atoms with Gasteiger partial charge in [-0.05, 0) is 18.8 Å². The molecule has 0 atom stereocenters. The number of carbonyl (C=O) groups is 2. The third kappa shape index (κ3) is 15.3. The summed E-state index contributed by atoms with van der Waals surface area (Å²) in [5.74, 6) is 0.161. The van der Waals surface area contributed by atoms with E-state index in [1.54, 1.807) is 0 Å². The van der Waals surface area contributed by atoms with Gasteiger partial charge in [-0.3, -0.25) is 9.59 Å². The van der Waals surface area contributed by atoms with Crippen molar-refractivity contribution in [2.75, 3.05) is 13.2 Å². The Morgan fingerprint density at radius 3 is 1.77 bits per heavy atom. The number of unbranched alkanes of at least 4 members (excludes halogenated alkanes) is 5. The smallest absolute Gasteiger partial charge is 0.306 e. The average Bonchev–Trinajstić information content (AvgIpc) is 2.48. The molecule has 0 amide bonds. The Balaban J connectivity index is 3.37. The van der Waals surface area contributed by atoms with Crippen LogP contribution < -0.4 is 0 Å². The molecule has 22 heavy (non-hydrogen) atoms. The quantitative estimate of drug-likeness (QED) is 0.346. The Kier molecular flexibility index (Phi) is 14.1. The number of rotatable bonds is 14. The highest BCUT2D eigenvalue weighted by Crippen LogP contribution is 2.09. The summed E-state index contributed by atoms with van der Waals surface area (Å²) in [6, 6.07) is 0. The summed E-state index contributed by atoms with van der Waals surface area (Å²) >= 11 is 0. The Morgan fingerprint density at radius 1 is 0.773 bits per heavy atom. The molecule has 0 bridgehead atoms. The van der Waals surface area contributed by atoms with Gasteiger partial charge in [0.1, 0.15) is 0 Å². The van der Waals surface area contributed by atoms with E-state index in [1.807, 2.05) is 0 Å². The van der Waals surface area contributed by atoms with Gasteiger partial charge in [0.05, 0.1) is 26.1 Å². The van der Waals surface area contributed by atoms with Gasteiger partial charge in [-0.25, -0.2) is 0 Å². The minimum atomic E-state index is -0.304. The second-order valence-corrected chi connectivity index (χ2v) is 6.24. The molecule has 0 saturated heterocycles. The molecule has 0 aliphatic carbocycles. The molecular weight excluding hydrogens is 280 g/mol. The van der Waals surface area contributed by atoms with Crippen LogP contribution in [0, 0.1) is 5.92 Å². The van der Waals surface area contributed by atoms with E-state index in [4.69, 9.17) is 9.47 Å². The minimum Gasteiger partial charge on any atom is -0.466 e. The molecule has 0 aliphatic rings. The minimum absolute atomic E-state index is 0.124. The molecule has 4 nitrogen and oxygen atoms in total. The molecule has 130 valence electrons. The number of hydrogen-bond acceptors (Lipinski definition) is 4. The molecule has 0 unspecified atom stereocenters. The van der Waals surface area contributed by atoms with E-state index in [9.17, 15) is 9.59 Å².